The Hall–Kier alpha value is -0.850. The Balaban J connectivity index is 0.00000243. The van der Waals surface area contributed by atoms with Gasteiger partial charge in [0.25, 0.3) is 0 Å². The number of ether oxygens (including phenoxy) is 1. The summed E-state index contributed by atoms with van der Waals surface area (Å²) >= 11 is 0. The number of hydrogen-bond donors (Lipinski definition) is 1. The first-order valence-corrected chi connectivity index (χ1v) is 10.00. The average molecular weight is 388 g/mol. The van der Waals surface area contributed by atoms with E-state index in [4.69, 9.17) is 4.74 Å². The van der Waals surface area contributed by atoms with E-state index in [-0.39, 0.29) is 30.1 Å². The molecule has 0 spiro atoms. The predicted octanol–water partition coefficient (Wildman–Crippen LogP) is 1.53. The average Bonchev–Trinajstić information content (AvgIpc) is 2.68. The van der Waals surface area contributed by atoms with E-state index in [1.807, 2.05) is 9.80 Å². The number of nitrogens with zero attached hydrogens (tertiary/aromatic N) is 2. The lowest BCUT2D eigenvalue weighted by atomic mass is 9.83. The minimum Gasteiger partial charge on any atom is -0.378 e. The van der Waals surface area contributed by atoms with E-state index in [1.165, 1.54) is 12.8 Å². The van der Waals surface area contributed by atoms with Crippen LogP contribution in [0, 0.1) is 17.8 Å². The summed E-state index contributed by atoms with van der Waals surface area (Å²) in [4.78, 5) is 29.3. The van der Waals surface area contributed by atoms with Crippen LogP contribution in [0.5, 0.6) is 0 Å². The lowest BCUT2D eigenvalue weighted by molar-refractivity contribution is -0.144. The van der Waals surface area contributed by atoms with E-state index in [9.17, 15) is 9.59 Å². The van der Waals surface area contributed by atoms with Crippen LogP contribution in [0.1, 0.15) is 39.0 Å². The van der Waals surface area contributed by atoms with Gasteiger partial charge < -0.3 is 19.9 Å². The number of nitrogens with one attached hydrogen (secondary N) is 1. The topological polar surface area (TPSA) is 61.9 Å². The molecule has 0 radical (unpaired) electrons. The van der Waals surface area contributed by atoms with E-state index >= 15 is 0 Å². The van der Waals surface area contributed by atoms with Crippen LogP contribution in [0.3, 0.4) is 0 Å². The first kappa shape index (κ1) is 21.5. The van der Waals surface area contributed by atoms with E-state index in [0.717, 1.165) is 32.5 Å². The second-order valence-corrected chi connectivity index (χ2v) is 7.89. The van der Waals surface area contributed by atoms with Gasteiger partial charge in [0.15, 0.2) is 0 Å². The molecule has 0 aromatic rings. The Labute approximate surface area is 163 Å². The zero-order valence-electron chi connectivity index (χ0n) is 16.0. The lowest BCUT2D eigenvalue weighted by Crippen LogP contribution is -2.49. The predicted molar refractivity (Wildman–Crippen MR) is 103 cm³/mol. The number of carbonyl (C=O) groups excluding carboxylic acids is 2. The third-order valence-electron chi connectivity index (χ3n) is 6.13. The lowest BCUT2D eigenvalue weighted by Gasteiger charge is -2.37. The number of piperidine rings is 2. The van der Waals surface area contributed by atoms with Gasteiger partial charge in [0.2, 0.25) is 11.8 Å². The second-order valence-electron chi connectivity index (χ2n) is 7.89. The first-order valence-electron chi connectivity index (χ1n) is 10.00. The van der Waals surface area contributed by atoms with Crippen LogP contribution >= 0.6 is 12.4 Å². The van der Waals surface area contributed by atoms with Crippen LogP contribution in [0.2, 0.25) is 0 Å². The molecule has 0 bridgehead atoms. The molecule has 3 rings (SSSR count). The Kier molecular flexibility index (Phi) is 8.64. The fourth-order valence-corrected chi connectivity index (χ4v) is 4.43. The molecule has 2 atom stereocenters. The molecule has 1 N–H and O–H groups in total. The first-order chi connectivity index (χ1) is 12.1. The third kappa shape index (κ3) is 5.57. The fraction of sp³-hybridized carbons (Fsp3) is 0.895. The number of hydrogen-bond acceptors (Lipinski definition) is 4. The highest BCUT2D eigenvalue weighted by atomic mass is 35.5. The van der Waals surface area contributed by atoms with E-state index < -0.39 is 0 Å². The number of morpholine rings is 1. The molecule has 3 heterocycles. The molecule has 0 aliphatic carbocycles. The third-order valence-corrected chi connectivity index (χ3v) is 6.13. The van der Waals surface area contributed by atoms with Gasteiger partial charge in [-0.3, -0.25) is 9.59 Å². The number of carbonyl (C=O) groups is 2. The Bertz CT molecular complexity index is 465. The molecule has 0 aromatic heterocycles. The van der Waals surface area contributed by atoms with Crippen molar-refractivity contribution in [1.82, 2.24) is 15.1 Å². The summed E-state index contributed by atoms with van der Waals surface area (Å²) in [7, 11) is 0. The van der Waals surface area contributed by atoms with Gasteiger partial charge in [-0.25, -0.2) is 0 Å². The number of likely N-dealkylation sites (tertiary alicyclic amines) is 1. The SMILES string of the molecule is CC(CC(=O)N1CCCC(C(=O)N2CCOCC2)C1)C1CCNCC1.Cl. The van der Waals surface area contributed by atoms with Gasteiger partial charge in [0.05, 0.1) is 19.1 Å². The molecule has 2 unspecified atom stereocenters. The monoisotopic (exact) mass is 387 g/mol. The number of halogens is 1. The molecule has 7 heteroatoms. The molecule has 0 aromatic carbocycles. The molecule has 3 aliphatic rings. The van der Waals surface area contributed by atoms with Gasteiger partial charge in [0, 0.05) is 32.6 Å². The molecule has 150 valence electrons. The van der Waals surface area contributed by atoms with Gasteiger partial charge >= 0.3 is 0 Å². The molecule has 0 saturated carbocycles. The van der Waals surface area contributed by atoms with Crippen LogP contribution < -0.4 is 5.32 Å². The van der Waals surface area contributed by atoms with Crippen LogP contribution in [0.4, 0.5) is 0 Å². The standard InChI is InChI=1S/C19H33N3O3.ClH/c1-15(16-4-6-20-7-5-16)13-18(23)22-8-2-3-17(14-22)19(24)21-9-11-25-12-10-21;/h15-17,20H,2-14H2,1H3;1H. The summed E-state index contributed by atoms with van der Waals surface area (Å²) in [5, 5.41) is 3.39. The van der Waals surface area contributed by atoms with Crippen molar-refractivity contribution in [1.29, 1.82) is 0 Å². The molecule has 6 nitrogen and oxygen atoms in total. The van der Waals surface area contributed by atoms with Crippen LogP contribution in [0.25, 0.3) is 0 Å². The van der Waals surface area contributed by atoms with Crippen molar-refractivity contribution in [2.75, 3.05) is 52.5 Å². The molecule has 2 amide bonds. The van der Waals surface area contributed by atoms with Gasteiger partial charge in [-0.1, -0.05) is 6.92 Å². The smallest absolute Gasteiger partial charge is 0.227 e. The van der Waals surface area contributed by atoms with Crippen molar-refractivity contribution < 1.29 is 14.3 Å². The maximum Gasteiger partial charge on any atom is 0.227 e. The number of amides is 2. The molecule has 26 heavy (non-hydrogen) atoms. The van der Waals surface area contributed by atoms with Crippen LogP contribution in [0.15, 0.2) is 0 Å². The normalized spacial score (nSPS) is 26.1. The Morgan fingerprint density at radius 3 is 2.46 bits per heavy atom. The Morgan fingerprint density at radius 1 is 1.08 bits per heavy atom. The largest absolute Gasteiger partial charge is 0.378 e. The van der Waals surface area contributed by atoms with E-state index in [0.29, 0.717) is 51.1 Å². The van der Waals surface area contributed by atoms with Gasteiger partial charge in [-0.15, -0.1) is 12.4 Å². The van der Waals surface area contributed by atoms with Crippen molar-refractivity contribution >= 4 is 24.2 Å². The molecular weight excluding hydrogens is 354 g/mol. The van der Waals surface area contributed by atoms with Crippen LogP contribution in [-0.2, 0) is 14.3 Å². The molecule has 3 fully saturated rings. The fourth-order valence-electron chi connectivity index (χ4n) is 4.43. The van der Waals surface area contributed by atoms with Gasteiger partial charge in [-0.05, 0) is 50.6 Å². The molecule has 3 aliphatic heterocycles. The summed E-state index contributed by atoms with van der Waals surface area (Å²) in [6.45, 7) is 8.43. The maximum absolute atomic E-state index is 12.8. The Morgan fingerprint density at radius 2 is 1.77 bits per heavy atom. The van der Waals surface area contributed by atoms with Gasteiger partial charge in [-0.2, -0.15) is 0 Å². The summed E-state index contributed by atoms with van der Waals surface area (Å²) in [6, 6.07) is 0. The molecule has 3 saturated heterocycles. The highest BCUT2D eigenvalue weighted by molar-refractivity contribution is 5.85. The number of rotatable bonds is 4. The van der Waals surface area contributed by atoms with Crippen molar-refractivity contribution in [2.45, 2.75) is 39.0 Å². The minimum atomic E-state index is -0.0232. The second kappa shape index (κ2) is 10.5. The van der Waals surface area contributed by atoms with Crippen molar-refractivity contribution in [2.24, 2.45) is 17.8 Å². The zero-order valence-corrected chi connectivity index (χ0v) is 16.8. The summed E-state index contributed by atoms with van der Waals surface area (Å²) in [5.74, 6) is 1.52. The van der Waals surface area contributed by atoms with Crippen molar-refractivity contribution in [3.8, 4) is 0 Å². The molecular formula is C19H34ClN3O3. The van der Waals surface area contributed by atoms with E-state index in [2.05, 4.69) is 12.2 Å². The highest BCUT2D eigenvalue weighted by Gasteiger charge is 2.32. The van der Waals surface area contributed by atoms with E-state index in [1.54, 1.807) is 0 Å². The van der Waals surface area contributed by atoms with Crippen molar-refractivity contribution in [3.05, 3.63) is 0 Å². The quantitative estimate of drug-likeness (QED) is 0.794. The highest BCUT2D eigenvalue weighted by Crippen LogP contribution is 2.26. The van der Waals surface area contributed by atoms with Crippen LogP contribution in [-0.4, -0.2) is 74.1 Å². The zero-order chi connectivity index (χ0) is 17.6. The summed E-state index contributed by atoms with van der Waals surface area (Å²) < 4.78 is 5.34. The minimum absolute atomic E-state index is 0. The van der Waals surface area contributed by atoms with Crippen molar-refractivity contribution in [3.63, 3.8) is 0 Å². The van der Waals surface area contributed by atoms with Gasteiger partial charge in [0.1, 0.15) is 0 Å². The maximum atomic E-state index is 12.8. The summed E-state index contributed by atoms with van der Waals surface area (Å²) in [6.07, 6.45) is 4.82. The summed E-state index contributed by atoms with van der Waals surface area (Å²) in [5.41, 5.74) is 0.